The van der Waals surface area contributed by atoms with E-state index in [-0.39, 0.29) is 5.75 Å². The highest BCUT2D eigenvalue weighted by Gasteiger charge is 2.49. The summed E-state index contributed by atoms with van der Waals surface area (Å²) in [5.41, 5.74) is 5.05. The third-order valence-corrected chi connectivity index (χ3v) is 6.30. The normalized spacial score (nSPS) is 18.0. The molecule has 0 saturated carbocycles. The average Bonchev–Trinajstić information content (AvgIpc) is 3.32. The lowest BCUT2D eigenvalue weighted by molar-refractivity contribution is -0.138. The Kier molecular flexibility index (Phi) is 5.75. The molecule has 1 fully saturated rings. The van der Waals surface area contributed by atoms with Crippen LogP contribution in [0.4, 0.5) is 4.79 Å². The number of thioether (sulfide) groups is 1. The van der Waals surface area contributed by atoms with Crippen LogP contribution in [0, 0.1) is 13.8 Å². The molecule has 164 valence electrons. The number of carbonyl (C=O) groups excluding carboxylic acids is 3. The lowest BCUT2D eigenvalue weighted by Gasteiger charge is -2.22. The molecule has 2 N–H and O–H groups in total. The molecule has 0 radical (unpaired) electrons. The molecule has 1 atom stereocenters. The van der Waals surface area contributed by atoms with E-state index in [9.17, 15) is 14.4 Å². The fourth-order valence-electron chi connectivity index (χ4n) is 3.65. The first-order chi connectivity index (χ1) is 15.3. The van der Waals surface area contributed by atoms with Gasteiger partial charge in [-0.05, 0) is 38.0 Å². The molecule has 9 heteroatoms. The van der Waals surface area contributed by atoms with Gasteiger partial charge in [-0.15, -0.1) is 0 Å². The van der Waals surface area contributed by atoms with Crippen LogP contribution >= 0.6 is 11.8 Å². The van der Waals surface area contributed by atoms with Crippen LogP contribution in [0.3, 0.4) is 0 Å². The number of hydrogen-bond acceptors (Lipinski definition) is 5. The van der Waals surface area contributed by atoms with Crippen molar-refractivity contribution >= 4 is 29.6 Å². The first kappa shape index (κ1) is 21.6. The van der Waals surface area contributed by atoms with Gasteiger partial charge in [0.1, 0.15) is 5.54 Å². The summed E-state index contributed by atoms with van der Waals surface area (Å²) in [4.78, 5) is 42.2. The number of benzene rings is 2. The highest BCUT2D eigenvalue weighted by molar-refractivity contribution is 7.99. The highest BCUT2D eigenvalue weighted by atomic mass is 32.2. The fourth-order valence-corrected chi connectivity index (χ4v) is 4.41. The predicted octanol–water partition coefficient (Wildman–Crippen LogP) is 3.08. The number of amides is 4. The van der Waals surface area contributed by atoms with E-state index in [0.717, 1.165) is 21.8 Å². The summed E-state index contributed by atoms with van der Waals surface area (Å²) in [6.45, 7) is 5.66. The maximum atomic E-state index is 12.9. The van der Waals surface area contributed by atoms with E-state index in [1.807, 2.05) is 42.8 Å². The van der Waals surface area contributed by atoms with Crippen LogP contribution in [0.5, 0.6) is 0 Å². The zero-order valence-electron chi connectivity index (χ0n) is 18.0. The predicted molar refractivity (Wildman–Crippen MR) is 121 cm³/mol. The maximum absolute atomic E-state index is 12.9. The smallest absolute Gasteiger partial charge is 0.318 e. The number of aryl methyl sites for hydroxylation is 2. The van der Waals surface area contributed by atoms with Gasteiger partial charge >= 0.3 is 6.03 Å². The molecule has 3 aromatic rings. The van der Waals surface area contributed by atoms with Crippen molar-refractivity contribution in [2.45, 2.75) is 31.5 Å². The number of hydrogen-bond donors (Lipinski definition) is 2. The van der Waals surface area contributed by atoms with Gasteiger partial charge in [0.25, 0.3) is 5.91 Å². The molecule has 1 saturated heterocycles. The molecule has 0 spiro atoms. The number of nitrogens with zero attached hydrogens (tertiary/aromatic N) is 3. The molecule has 4 amide bonds. The molecule has 1 aliphatic heterocycles. The standard InChI is InChI=1S/C23H23N5O3S/c1-15-9-10-18(16(2)13-15)27-12-11-24-22(27)32-14-19(29)26-28-20(30)23(3,25-21(28)31)17-7-5-4-6-8-17/h4-13H,14H2,1-3H3,(H,25,31)(H,26,29). The van der Waals surface area contributed by atoms with Crippen LogP contribution in [0.2, 0.25) is 0 Å². The van der Waals surface area contributed by atoms with Gasteiger partial charge in [0, 0.05) is 12.4 Å². The number of carbonyl (C=O) groups is 3. The fraction of sp³-hybridized carbons (Fsp3) is 0.217. The van der Waals surface area contributed by atoms with Crippen LogP contribution < -0.4 is 10.7 Å². The van der Waals surface area contributed by atoms with Crippen molar-refractivity contribution < 1.29 is 14.4 Å². The van der Waals surface area contributed by atoms with E-state index in [4.69, 9.17) is 0 Å². The maximum Gasteiger partial charge on any atom is 0.344 e. The Bertz CT molecular complexity index is 1190. The lowest BCUT2D eigenvalue weighted by Crippen LogP contribution is -2.48. The minimum atomic E-state index is -1.24. The molecule has 1 aromatic heterocycles. The zero-order valence-corrected chi connectivity index (χ0v) is 18.8. The molecule has 0 bridgehead atoms. The molecule has 4 rings (SSSR count). The summed E-state index contributed by atoms with van der Waals surface area (Å²) >= 11 is 1.22. The summed E-state index contributed by atoms with van der Waals surface area (Å²) in [5.74, 6) is -1.03. The summed E-state index contributed by atoms with van der Waals surface area (Å²) in [6.07, 6.45) is 3.50. The van der Waals surface area contributed by atoms with Gasteiger partial charge in [-0.2, -0.15) is 5.01 Å². The van der Waals surface area contributed by atoms with Crippen molar-refractivity contribution in [3.05, 3.63) is 77.6 Å². The Labute approximate surface area is 190 Å². The zero-order chi connectivity index (χ0) is 22.9. The van der Waals surface area contributed by atoms with Crippen LogP contribution in [-0.2, 0) is 15.1 Å². The van der Waals surface area contributed by atoms with Gasteiger partial charge in [0.05, 0.1) is 11.4 Å². The molecule has 0 aliphatic carbocycles. The molecule has 2 heterocycles. The van der Waals surface area contributed by atoms with Crippen LogP contribution in [0.1, 0.15) is 23.6 Å². The second-order valence-electron chi connectivity index (χ2n) is 7.76. The first-order valence-corrected chi connectivity index (χ1v) is 11.0. The molecule has 1 aliphatic rings. The Hall–Kier alpha value is -3.59. The van der Waals surface area contributed by atoms with Crippen molar-refractivity contribution in [1.82, 2.24) is 25.3 Å². The minimum Gasteiger partial charge on any atom is -0.318 e. The van der Waals surface area contributed by atoms with E-state index in [2.05, 4.69) is 21.8 Å². The molecular formula is C23H23N5O3S. The van der Waals surface area contributed by atoms with Crippen LogP contribution in [0.15, 0.2) is 66.1 Å². The third kappa shape index (κ3) is 3.99. The van der Waals surface area contributed by atoms with E-state index in [1.165, 1.54) is 11.8 Å². The Morgan fingerprint density at radius 2 is 1.91 bits per heavy atom. The topological polar surface area (TPSA) is 96.3 Å². The highest BCUT2D eigenvalue weighted by Crippen LogP contribution is 2.28. The van der Waals surface area contributed by atoms with Gasteiger partial charge in [-0.1, -0.05) is 59.8 Å². The molecule has 32 heavy (non-hydrogen) atoms. The van der Waals surface area contributed by atoms with Crippen molar-refractivity contribution in [3.63, 3.8) is 0 Å². The molecule has 2 aromatic carbocycles. The number of nitrogens with one attached hydrogen (secondary N) is 2. The van der Waals surface area contributed by atoms with Crippen LogP contribution in [-0.4, -0.2) is 38.2 Å². The van der Waals surface area contributed by atoms with Gasteiger partial charge in [0.2, 0.25) is 5.91 Å². The molecule has 1 unspecified atom stereocenters. The van der Waals surface area contributed by atoms with Crippen molar-refractivity contribution in [3.8, 4) is 5.69 Å². The quantitative estimate of drug-likeness (QED) is 0.445. The number of rotatable bonds is 6. The van der Waals surface area contributed by atoms with E-state index in [1.54, 1.807) is 37.4 Å². The van der Waals surface area contributed by atoms with E-state index in [0.29, 0.717) is 10.7 Å². The average molecular weight is 450 g/mol. The Balaban J connectivity index is 1.43. The largest absolute Gasteiger partial charge is 0.344 e. The summed E-state index contributed by atoms with van der Waals surface area (Å²) in [7, 11) is 0. The van der Waals surface area contributed by atoms with Gasteiger partial charge < -0.3 is 5.32 Å². The monoisotopic (exact) mass is 449 g/mol. The Morgan fingerprint density at radius 1 is 1.16 bits per heavy atom. The molecule has 8 nitrogen and oxygen atoms in total. The number of aromatic nitrogens is 2. The minimum absolute atomic E-state index is 0.0129. The second kappa shape index (κ2) is 8.51. The number of imide groups is 1. The molecular weight excluding hydrogens is 426 g/mol. The van der Waals surface area contributed by atoms with Crippen LogP contribution in [0.25, 0.3) is 5.69 Å². The number of urea groups is 1. The van der Waals surface area contributed by atoms with Crippen molar-refractivity contribution in [2.24, 2.45) is 0 Å². The van der Waals surface area contributed by atoms with E-state index >= 15 is 0 Å². The number of imidazole rings is 1. The summed E-state index contributed by atoms with van der Waals surface area (Å²) < 4.78 is 1.91. The summed E-state index contributed by atoms with van der Waals surface area (Å²) in [6, 6.07) is 14.4. The summed E-state index contributed by atoms with van der Waals surface area (Å²) in [5, 5.41) is 4.04. The second-order valence-corrected chi connectivity index (χ2v) is 8.70. The van der Waals surface area contributed by atoms with E-state index < -0.39 is 23.4 Å². The van der Waals surface area contributed by atoms with Crippen molar-refractivity contribution in [1.29, 1.82) is 0 Å². The lowest BCUT2D eigenvalue weighted by atomic mass is 9.92. The third-order valence-electron chi connectivity index (χ3n) is 5.33. The SMILES string of the molecule is Cc1ccc(-n2ccnc2SCC(=O)NN2C(=O)NC(C)(c3ccccc3)C2=O)c(C)c1. The Morgan fingerprint density at radius 3 is 2.62 bits per heavy atom. The first-order valence-electron chi connectivity index (χ1n) is 10.0. The van der Waals surface area contributed by atoms with Crippen molar-refractivity contribution in [2.75, 3.05) is 5.75 Å². The van der Waals surface area contributed by atoms with Gasteiger partial charge in [-0.25, -0.2) is 9.78 Å². The van der Waals surface area contributed by atoms with Gasteiger partial charge in [-0.3, -0.25) is 19.6 Å². The number of hydrazine groups is 1. The van der Waals surface area contributed by atoms with Gasteiger partial charge in [0.15, 0.2) is 5.16 Å².